The number of quaternary nitrogens is 1. The van der Waals surface area contributed by atoms with Crippen molar-refractivity contribution in [2.45, 2.75) is 6.54 Å². The molecule has 3 aromatic rings. The lowest BCUT2D eigenvalue weighted by Crippen LogP contribution is -3.13. The molecular weight excluding hydrogens is 398 g/mol. The molecule has 8 heteroatoms. The van der Waals surface area contributed by atoms with E-state index in [0.717, 1.165) is 48.2 Å². The topological polar surface area (TPSA) is 97.4 Å². The summed E-state index contributed by atoms with van der Waals surface area (Å²) in [6.07, 6.45) is 0. The van der Waals surface area contributed by atoms with Gasteiger partial charge in [-0.25, -0.2) is 4.79 Å². The van der Waals surface area contributed by atoms with Gasteiger partial charge < -0.3 is 19.6 Å². The molecule has 2 N–H and O–H groups in total. The van der Waals surface area contributed by atoms with Crippen molar-refractivity contribution in [3.63, 3.8) is 0 Å². The van der Waals surface area contributed by atoms with Crippen LogP contribution in [0.25, 0.3) is 10.8 Å². The number of piperazine rings is 1. The number of nitro benzene ring substituents is 1. The van der Waals surface area contributed by atoms with Crippen molar-refractivity contribution < 1.29 is 24.5 Å². The fourth-order valence-corrected chi connectivity index (χ4v) is 4.15. The molecule has 1 fully saturated rings. The number of hydrogen-bond acceptors (Lipinski definition) is 6. The van der Waals surface area contributed by atoms with Crippen molar-refractivity contribution >= 4 is 28.1 Å². The standard InChI is InChI=1S/C23H23N3O5/c1-31-23(28)20-14-16-4-2-3-5-19(16)21(22(20)27)15-24-10-12-25(13-11-24)17-6-8-18(9-7-17)26(29)30/h2-9,14,27H,10-13,15H2,1H3/p+1. The van der Waals surface area contributed by atoms with Gasteiger partial charge in [0.1, 0.15) is 17.9 Å². The second kappa shape index (κ2) is 8.61. The average Bonchev–Trinajstić information content (AvgIpc) is 2.80. The van der Waals surface area contributed by atoms with E-state index in [9.17, 15) is 20.0 Å². The van der Waals surface area contributed by atoms with Crippen LogP contribution < -0.4 is 9.80 Å². The van der Waals surface area contributed by atoms with E-state index < -0.39 is 10.9 Å². The molecule has 0 spiro atoms. The Kier molecular flexibility index (Phi) is 5.73. The highest BCUT2D eigenvalue weighted by Crippen LogP contribution is 2.31. The molecule has 0 saturated carbocycles. The van der Waals surface area contributed by atoms with Crippen LogP contribution in [0.3, 0.4) is 0 Å². The van der Waals surface area contributed by atoms with Gasteiger partial charge >= 0.3 is 5.97 Å². The van der Waals surface area contributed by atoms with Crippen LogP contribution in [-0.4, -0.2) is 49.3 Å². The highest BCUT2D eigenvalue weighted by molar-refractivity contribution is 6.00. The number of anilines is 1. The summed E-state index contributed by atoms with van der Waals surface area (Å²) in [5.41, 5.74) is 1.98. The van der Waals surface area contributed by atoms with Crippen LogP contribution in [0.4, 0.5) is 11.4 Å². The van der Waals surface area contributed by atoms with Crippen LogP contribution in [0.15, 0.2) is 54.6 Å². The van der Waals surface area contributed by atoms with Gasteiger partial charge in [0, 0.05) is 17.8 Å². The molecule has 0 aliphatic carbocycles. The molecule has 4 rings (SSSR count). The highest BCUT2D eigenvalue weighted by atomic mass is 16.6. The van der Waals surface area contributed by atoms with E-state index in [1.54, 1.807) is 18.2 Å². The van der Waals surface area contributed by atoms with Crippen LogP contribution in [0.5, 0.6) is 5.75 Å². The normalized spacial score (nSPS) is 14.5. The second-order valence-corrected chi connectivity index (χ2v) is 7.65. The van der Waals surface area contributed by atoms with Gasteiger partial charge in [-0.05, 0) is 29.0 Å². The monoisotopic (exact) mass is 422 g/mol. The number of nitrogens with zero attached hydrogens (tertiary/aromatic N) is 2. The number of carbonyl (C=O) groups excluding carboxylic acids is 1. The summed E-state index contributed by atoms with van der Waals surface area (Å²) in [7, 11) is 1.30. The maximum Gasteiger partial charge on any atom is 0.341 e. The Morgan fingerprint density at radius 3 is 2.48 bits per heavy atom. The van der Waals surface area contributed by atoms with Gasteiger partial charge in [-0.2, -0.15) is 0 Å². The minimum absolute atomic E-state index is 0.0177. The van der Waals surface area contributed by atoms with Crippen LogP contribution >= 0.6 is 0 Å². The van der Waals surface area contributed by atoms with Crippen LogP contribution in [0.2, 0.25) is 0 Å². The van der Waals surface area contributed by atoms with E-state index in [1.807, 2.05) is 24.3 Å². The zero-order valence-corrected chi connectivity index (χ0v) is 17.2. The van der Waals surface area contributed by atoms with Crippen LogP contribution in [0.1, 0.15) is 15.9 Å². The summed E-state index contributed by atoms with van der Waals surface area (Å²) < 4.78 is 4.84. The molecule has 0 unspecified atom stereocenters. The minimum Gasteiger partial charge on any atom is -0.507 e. The molecule has 0 bridgehead atoms. The number of rotatable bonds is 5. The summed E-state index contributed by atoms with van der Waals surface area (Å²) in [5.74, 6) is -0.571. The fraction of sp³-hybridized carbons (Fsp3) is 0.261. The molecule has 1 aliphatic rings. The summed E-state index contributed by atoms with van der Waals surface area (Å²) in [6, 6.07) is 16.0. The molecule has 3 aromatic carbocycles. The van der Waals surface area contributed by atoms with Gasteiger partial charge in [0.15, 0.2) is 0 Å². The zero-order chi connectivity index (χ0) is 22.0. The zero-order valence-electron chi connectivity index (χ0n) is 17.2. The smallest absolute Gasteiger partial charge is 0.341 e. The average molecular weight is 422 g/mol. The van der Waals surface area contributed by atoms with Crippen molar-refractivity contribution in [2.75, 3.05) is 38.2 Å². The number of aromatic hydroxyl groups is 1. The Morgan fingerprint density at radius 1 is 1.16 bits per heavy atom. The van der Waals surface area contributed by atoms with E-state index >= 15 is 0 Å². The van der Waals surface area contributed by atoms with Crippen molar-refractivity contribution in [1.82, 2.24) is 0 Å². The van der Waals surface area contributed by atoms with Gasteiger partial charge in [0.25, 0.3) is 5.69 Å². The number of hydrogen-bond donors (Lipinski definition) is 2. The Balaban J connectivity index is 1.52. The fourth-order valence-electron chi connectivity index (χ4n) is 4.15. The molecule has 0 radical (unpaired) electrons. The minimum atomic E-state index is -0.553. The van der Waals surface area contributed by atoms with E-state index in [2.05, 4.69) is 4.90 Å². The predicted octanol–water partition coefficient (Wildman–Crippen LogP) is 2.15. The van der Waals surface area contributed by atoms with Crippen LogP contribution in [-0.2, 0) is 11.3 Å². The van der Waals surface area contributed by atoms with E-state index in [4.69, 9.17) is 4.74 Å². The lowest BCUT2D eigenvalue weighted by Gasteiger charge is -2.34. The van der Waals surface area contributed by atoms with Crippen LogP contribution in [0, 0.1) is 10.1 Å². The molecule has 1 aliphatic heterocycles. The first-order valence-electron chi connectivity index (χ1n) is 10.1. The number of methoxy groups -OCH3 is 1. The number of esters is 1. The highest BCUT2D eigenvalue weighted by Gasteiger charge is 2.25. The molecule has 0 amide bonds. The Hall–Kier alpha value is -3.65. The molecule has 0 aromatic heterocycles. The molecule has 0 atom stereocenters. The third kappa shape index (κ3) is 4.15. The van der Waals surface area contributed by atoms with E-state index in [-0.39, 0.29) is 17.0 Å². The van der Waals surface area contributed by atoms with Gasteiger partial charge in [0.05, 0.1) is 43.8 Å². The number of phenolic OH excluding ortho intramolecular Hbond substituents is 1. The molecule has 8 nitrogen and oxygen atoms in total. The van der Waals surface area contributed by atoms with Gasteiger partial charge in [-0.1, -0.05) is 24.3 Å². The SMILES string of the molecule is COC(=O)c1cc2ccccc2c(C[NH+]2CCN(c3ccc([N+](=O)[O-])cc3)CC2)c1O. The van der Waals surface area contributed by atoms with Crippen molar-refractivity contribution in [3.05, 3.63) is 75.8 Å². The first-order valence-corrected chi connectivity index (χ1v) is 10.1. The second-order valence-electron chi connectivity index (χ2n) is 7.65. The van der Waals surface area contributed by atoms with Gasteiger partial charge in [-0.15, -0.1) is 0 Å². The first kappa shape index (κ1) is 20.6. The Bertz CT molecular complexity index is 1120. The van der Waals surface area contributed by atoms with E-state index in [0.29, 0.717) is 6.54 Å². The number of nitrogens with one attached hydrogen (secondary N) is 1. The largest absolute Gasteiger partial charge is 0.507 e. The quantitative estimate of drug-likeness (QED) is 0.372. The third-order valence-corrected chi connectivity index (χ3v) is 5.86. The number of phenols is 1. The molecule has 1 heterocycles. The molecular formula is C23H24N3O5+. The summed E-state index contributed by atoms with van der Waals surface area (Å²) in [6.45, 7) is 3.86. The Morgan fingerprint density at radius 2 is 1.84 bits per heavy atom. The number of benzene rings is 3. The van der Waals surface area contributed by atoms with E-state index in [1.165, 1.54) is 24.1 Å². The number of non-ortho nitro benzene ring substituents is 1. The van der Waals surface area contributed by atoms with Gasteiger partial charge in [-0.3, -0.25) is 10.1 Å². The predicted molar refractivity (Wildman–Crippen MR) is 117 cm³/mol. The maximum atomic E-state index is 12.2. The summed E-state index contributed by atoms with van der Waals surface area (Å²) >= 11 is 0. The first-order chi connectivity index (χ1) is 15.0. The number of ether oxygens (including phenoxy) is 1. The maximum absolute atomic E-state index is 12.2. The van der Waals surface area contributed by atoms with Crippen molar-refractivity contribution in [1.29, 1.82) is 0 Å². The lowest BCUT2D eigenvalue weighted by atomic mass is 9.98. The number of fused-ring (bicyclic) bond motifs is 1. The molecule has 31 heavy (non-hydrogen) atoms. The molecule has 1 saturated heterocycles. The van der Waals surface area contributed by atoms with Crippen molar-refractivity contribution in [2.24, 2.45) is 0 Å². The Labute approximate surface area is 179 Å². The van der Waals surface area contributed by atoms with Crippen molar-refractivity contribution in [3.8, 4) is 5.75 Å². The summed E-state index contributed by atoms with van der Waals surface area (Å²) in [5, 5.41) is 23.5. The molecule has 160 valence electrons. The van der Waals surface area contributed by atoms with Gasteiger partial charge in [0.2, 0.25) is 0 Å². The third-order valence-electron chi connectivity index (χ3n) is 5.86. The number of nitro groups is 1. The summed E-state index contributed by atoms with van der Waals surface area (Å²) in [4.78, 5) is 26.1. The lowest BCUT2D eigenvalue weighted by molar-refractivity contribution is -0.914. The number of carbonyl (C=O) groups is 1.